The van der Waals surface area contributed by atoms with Gasteiger partial charge in [0.25, 0.3) is 0 Å². The van der Waals surface area contributed by atoms with E-state index in [9.17, 15) is 9.59 Å². The molecule has 0 aliphatic rings. The number of thioether (sulfide) groups is 1. The molecule has 0 spiro atoms. The number of pyridine rings is 1. The normalized spacial score (nSPS) is 12.1. The summed E-state index contributed by atoms with van der Waals surface area (Å²) >= 11 is 2.75. The van der Waals surface area contributed by atoms with E-state index in [0.29, 0.717) is 17.3 Å². The molecule has 0 saturated carbocycles. The Bertz CT molecular complexity index is 1330. The van der Waals surface area contributed by atoms with Crippen molar-refractivity contribution in [2.45, 2.75) is 38.0 Å². The number of anilines is 1. The van der Waals surface area contributed by atoms with Crippen molar-refractivity contribution in [2.24, 2.45) is 0 Å². The van der Waals surface area contributed by atoms with Crippen molar-refractivity contribution in [3.8, 4) is 0 Å². The van der Waals surface area contributed by atoms with Crippen LogP contribution >= 0.6 is 23.1 Å². The predicted octanol–water partition coefficient (Wildman–Crippen LogP) is 5.76. The molecule has 2 heterocycles. The topological polar surface area (TPSA) is 81.2 Å². The number of nitrogens with one attached hydrogen (secondary N) is 1. The fraction of sp³-hybridized carbons (Fsp3) is 0.250. The Labute approximate surface area is 194 Å². The van der Waals surface area contributed by atoms with Crippen LogP contribution in [0.1, 0.15) is 35.3 Å². The van der Waals surface area contributed by atoms with Crippen LogP contribution in [0.15, 0.2) is 47.5 Å². The molecule has 4 aromatic rings. The van der Waals surface area contributed by atoms with Crippen LogP contribution in [0.4, 0.5) is 5.13 Å². The van der Waals surface area contributed by atoms with Gasteiger partial charge in [0.15, 0.2) is 5.13 Å². The first kappa shape index (κ1) is 22.2. The number of aromatic nitrogens is 2. The highest BCUT2D eigenvalue weighted by molar-refractivity contribution is 8.00. The second kappa shape index (κ2) is 9.26. The van der Waals surface area contributed by atoms with E-state index >= 15 is 0 Å². The molecule has 0 aliphatic heterocycles. The molecule has 4 rings (SSSR count). The molecule has 32 heavy (non-hydrogen) atoms. The Hall–Kier alpha value is -2.97. The molecule has 2 aromatic carbocycles. The summed E-state index contributed by atoms with van der Waals surface area (Å²) < 4.78 is 5.86. The first-order chi connectivity index (χ1) is 15.4. The summed E-state index contributed by atoms with van der Waals surface area (Å²) in [7, 11) is 0. The Morgan fingerprint density at radius 1 is 1.12 bits per heavy atom. The van der Waals surface area contributed by atoms with Crippen molar-refractivity contribution in [1.82, 2.24) is 9.97 Å². The third kappa shape index (κ3) is 4.61. The van der Waals surface area contributed by atoms with E-state index in [4.69, 9.17) is 9.72 Å². The van der Waals surface area contributed by atoms with Crippen molar-refractivity contribution >= 4 is 61.2 Å². The van der Waals surface area contributed by atoms with Gasteiger partial charge in [-0.15, -0.1) is 0 Å². The summed E-state index contributed by atoms with van der Waals surface area (Å²) in [6, 6.07) is 13.3. The molecule has 0 bridgehead atoms. The summed E-state index contributed by atoms with van der Waals surface area (Å²) in [4.78, 5) is 34.0. The standard InChI is InChI=1S/C24H23N3O3S2/c1-5-30-23(29)16-9-10-18-19(12-16)32-24(25-18)27-22(28)15(4)31-20-11-14(3)17-8-6-7-13(2)21(17)26-20/h6-12,15H,5H2,1-4H3,(H,25,27,28). The van der Waals surface area contributed by atoms with Crippen LogP contribution in [-0.2, 0) is 9.53 Å². The van der Waals surface area contributed by atoms with E-state index in [1.807, 2.05) is 32.0 Å². The average Bonchev–Trinajstić information content (AvgIpc) is 3.16. The molecule has 1 atom stereocenters. The van der Waals surface area contributed by atoms with Crippen LogP contribution in [0.2, 0.25) is 0 Å². The van der Waals surface area contributed by atoms with E-state index in [-0.39, 0.29) is 17.1 Å². The number of nitrogens with zero attached hydrogens (tertiary/aromatic N) is 2. The van der Waals surface area contributed by atoms with E-state index in [2.05, 4.69) is 23.3 Å². The quantitative estimate of drug-likeness (QED) is 0.288. The summed E-state index contributed by atoms with van der Waals surface area (Å²) in [6.45, 7) is 8.04. The Kier molecular flexibility index (Phi) is 6.43. The van der Waals surface area contributed by atoms with Crippen molar-refractivity contribution < 1.29 is 14.3 Å². The van der Waals surface area contributed by atoms with E-state index in [0.717, 1.165) is 37.3 Å². The summed E-state index contributed by atoms with van der Waals surface area (Å²) in [5.41, 5.74) is 4.41. The highest BCUT2D eigenvalue weighted by Crippen LogP contribution is 2.30. The molecule has 0 fully saturated rings. The van der Waals surface area contributed by atoms with Crippen molar-refractivity contribution in [2.75, 3.05) is 11.9 Å². The van der Waals surface area contributed by atoms with Gasteiger partial charge in [-0.25, -0.2) is 14.8 Å². The molecule has 0 aliphatic carbocycles. The fourth-order valence-corrected chi connectivity index (χ4v) is 5.18. The minimum absolute atomic E-state index is 0.149. The second-order valence-electron chi connectivity index (χ2n) is 7.42. The van der Waals surface area contributed by atoms with E-state index in [1.54, 1.807) is 25.1 Å². The molecule has 1 unspecified atom stereocenters. The van der Waals surface area contributed by atoms with Crippen molar-refractivity contribution in [3.05, 3.63) is 59.2 Å². The number of rotatable bonds is 6. The van der Waals surface area contributed by atoms with Gasteiger partial charge in [-0.3, -0.25) is 4.79 Å². The largest absolute Gasteiger partial charge is 0.462 e. The van der Waals surface area contributed by atoms with Gasteiger partial charge in [-0.1, -0.05) is 41.3 Å². The van der Waals surface area contributed by atoms with Gasteiger partial charge in [-0.2, -0.15) is 0 Å². The number of ether oxygens (including phenoxy) is 1. The Morgan fingerprint density at radius 2 is 1.94 bits per heavy atom. The minimum Gasteiger partial charge on any atom is -0.462 e. The van der Waals surface area contributed by atoms with Crippen molar-refractivity contribution in [3.63, 3.8) is 0 Å². The van der Waals surface area contributed by atoms with Gasteiger partial charge in [0.2, 0.25) is 5.91 Å². The maximum Gasteiger partial charge on any atom is 0.338 e. The molecular formula is C24H23N3O3S2. The minimum atomic E-state index is -0.369. The number of aryl methyl sites for hydroxylation is 2. The zero-order chi connectivity index (χ0) is 22.8. The van der Waals surface area contributed by atoms with E-state index < -0.39 is 0 Å². The predicted molar refractivity (Wildman–Crippen MR) is 131 cm³/mol. The van der Waals surface area contributed by atoms with Gasteiger partial charge < -0.3 is 10.1 Å². The summed E-state index contributed by atoms with van der Waals surface area (Å²) in [5.74, 6) is -0.518. The highest BCUT2D eigenvalue weighted by Gasteiger charge is 2.18. The number of thiazole rings is 1. The van der Waals surface area contributed by atoms with Crippen LogP contribution in [0.3, 0.4) is 0 Å². The lowest BCUT2D eigenvalue weighted by molar-refractivity contribution is -0.115. The third-order valence-corrected chi connectivity index (χ3v) is 6.97. The van der Waals surface area contributed by atoms with Crippen molar-refractivity contribution in [1.29, 1.82) is 0 Å². The molecule has 2 aromatic heterocycles. The van der Waals surface area contributed by atoms with Gasteiger partial charge in [0.1, 0.15) is 0 Å². The van der Waals surface area contributed by atoms with Gasteiger partial charge in [0.05, 0.1) is 38.2 Å². The monoisotopic (exact) mass is 465 g/mol. The average molecular weight is 466 g/mol. The third-order valence-electron chi connectivity index (χ3n) is 5.02. The number of para-hydroxylation sites is 1. The molecule has 0 saturated heterocycles. The lowest BCUT2D eigenvalue weighted by Crippen LogP contribution is -2.22. The first-order valence-electron chi connectivity index (χ1n) is 10.3. The molecule has 0 radical (unpaired) electrons. The number of amides is 1. The van der Waals surface area contributed by atoms with Crippen LogP contribution in [0.5, 0.6) is 0 Å². The molecule has 1 amide bonds. The molecule has 164 valence electrons. The maximum absolute atomic E-state index is 12.8. The molecule has 6 nitrogen and oxygen atoms in total. The number of esters is 1. The van der Waals surface area contributed by atoms with Gasteiger partial charge in [0, 0.05) is 5.39 Å². The van der Waals surface area contributed by atoms with Gasteiger partial charge in [-0.05, 0) is 63.1 Å². The highest BCUT2D eigenvalue weighted by atomic mass is 32.2. The van der Waals surface area contributed by atoms with Crippen LogP contribution in [0.25, 0.3) is 21.1 Å². The Morgan fingerprint density at radius 3 is 2.72 bits per heavy atom. The van der Waals surface area contributed by atoms with Crippen LogP contribution in [-0.4, -0.2) is 33.7 Å². The van der Waals surface area contributed by atoms with Crippen LogP contribution < -0.4 is 5.32 Å². The smallest absolute Gasteiger partial charge is 0.338 e. The number of carbonyl (C=O) groups excluding carboxylic acids is 2. The molecule has 8 heteroatoms. The lowest BCUT2D eigenvalue weighted by Gasteiger charge is -2.12. The SMILES string of the molecule is CCOC(=O)c1ccc2nc(NC(=O)C(C)Sc3cc(C)c4cccc(C)c4n3)sc2c1. The Balaban J connectivity index is 1.49. The molecule has 1 N–H and O–H groups in total. The number of carbonyl (C=O) groups is 2. The summed E-state index contributed by atoms with van der Waals surface area (Å²) in [5, 5.41) is 4.98. The van der Waals surface area contributed by atoms with Gasteiger partial charge >= 0.3 is 5.97 Å². The van der Waals surface area contributed by atoms with E-state index in [1.165, 1.54) is 23.1 Å². The lowest BCUT2D eigenvalue weighted by atomic mass is 10.1. The first-order valence-corrected chi connectivity index (χ1v) is 12.0. The van der Waals surface area contributed by atoms with Crippen LogP contribution in [0, 0.1) is 13.8 Å². The zero-order valence-corrected chi connectivity index (χ0v) is 19.9. The fourth-order valence-electron chi connectivity index (χ4n) is 3.35. The number of fused-ring (bicyclic) bond motifs is 2. The second-order valence-corrected chi connectivity index (χ2v) is 9.81. The number of hydrogen-bond acceptors (Lipinski definition) is 7. The number of benzene rings is 2. The number of hydrogen-bond donors (Lipinski definition) is 1. The zero-order valence-electron chi connectivity index (χ0n) is 18.3. The summed E-state index contributed by atoms with van der Waals surface area (Å²) in [6.07, 6.45) is 0. The maximum atomic E-state index is 12.8. The molecular weight excluding hydrogens is 442 g/mol.